The highest BCUT2D eigenvalue weighted by Gasteiger charge is 2.22. The molecule has 0 spiro atoms. The number of halogens is 2. The summed E-state index contributed by atoms with van der Waals surface area (Å²) in [4.78, 5) is 28.4. The molecular formula is C24H21F2N7O2S. The Balaban J connectivity index is 1.47. The molecule has 0 unspecified atom stereocenters. The van der Waals surface area contributed by atoms with E-state index >= 15 is 0 Å². The van der Waals surface area contributed by atoms with Crippen LogP contribution in [0.2, 0.25) is 0 Å². The summed E-state index contributed by atoms with van der Waals surface area (Å²) in [6, 6.07) is 10.7. The van der Waals surface area contributed by atoms with E-state index in [9.17, 15) is 13.6 Å². The highest BCUT2D eigenvalue weighted by atomic mass is 32.1. The highest BCUT2D eigenvalue weighted by Crippen LogP contribution is 2.41. The number of nitrogens with zero attached hydrogens (tertiary/aromatic N) is 4. The molecule has 0 atom stereocenters. The number of nitrogens with one attached hydrogen (secondary N) is 2. The molecule has 0 saturated carbocycles. The minimum absolute atomic E-state index is 0.0263. The number of hydrogen-bond acceptors (Lipinski definition) is 8. The number of nitrogens with two attached hydrogens (primary N) is 1. The Kier molecular flexibility index (Phi) is 6.69. The van der Waals surface area contributed by atoms with E-state index in [1.807, 2.05) is 0 Å². The Labute approximate surface area is 209 Å². The first-order valence-corrected chi connectivity index (χ1v) is 11.8. The Morgan fingerprint density at radius 2 is 1.81 bits per heavy atom. The van der Waals surface area contributed by atoms with Gasteiger partial charge in [0, 0.05) is 25.0 Å². The van der Waals surface area contributed by atoms with Crippen LogP contribution in [0.4, 0.5) is 36.0 Å². The van der Waals surface area contributed by atoms with E-state index < -0.39 is 17.7 Å². The summed E-state index contributed by atoms with van der Waals surface area (Å²) in [6.45, 7) is 2.58. The molecule has 5 rings (SSSR count). The van der Waals surface area contributed by atoms with Crippen LogP contribution in [-0.2, 0) is 4.74 Å². The summed E-state index contributed by atoms with van der Waals surface area (Å²) in [6.07, 6.45) is 1.55. The molecule has 1 aliphatic rings. The lowest BCUT2D eigenvalue weighted by Gasteiger charge is -2.26. The van der Waals surface area contributed by atoms with Crippen molar-refractivity contribution >= 4 is 39.8 Å². The van der Waals surface area contributed by atoms with E-state index in [-0.39, 0.29) is 11.6 Å². The molecule has 36 heavy (non-hydrogen) atoms. The first kappa shape index (κ1) is 23.6. The second-order valence-corrected chi connectivity index (χ2v) is 8.83. The van der Waals surface area contributed by atoms with Gasteiger partial charge in [0.15, 0.2) is 5.13 Å². The number of urea groups is 1. The van der Waals surface area contributed by atoms with Crippen LogP contribution in [0.5, 0.6) is 0 Å². The molecule has 4 aromatic rings. The third kappa shape index (κ3) is 5.24. The van der Waals surface area contributed by atoms with Crippen molar-refractivity contribution in [3.63, 3.8) is 0 Å². The number of aromatic nitrogens is 3. The van der Waals surface area contributed by atoms with E-state index in [2.05, 4.69) is 25.5 Å². The number of ether oxygens (including phenoxy) is 1. The number of nitrogen functional groups attached to an aromatic ring is 1. The standard InChI is InChI=1S/C24H21F2N7O2S/c25-15-2-4-16(5-3-15)29-23(34)31-19-13-14(1-6-17(19)26)21-20(18-7-8-28-22(27)30-18)32-24(36-21)33-9-11-35-12-10-33/h1-8,13H,9-12H2,(H2,27,28,30)(H2,29,31,34). The number of carbonyl (C=O) groups excluding carboxylic acids is 1. The van der Waals surface area contributed by atoms with Gasteiger partial charge < -0.3 is 26.0 Å². The lowest BCUT2D eigenvalue weighted by molar-refractivity contribution is 0.122. The largest absolute Gasteiger partial charge is 0.378 e. The molecule has 0 radical (unpaired) electrons. The van der Waals surface area contributed by atoms with Gasteiger partial charge >= 0.3 is 6.03 Å². The summed E-state index contributed by atoms with van der Waals surface area (Å²) in [7, 11) is 0. The van der Waals surface area contributed by atoms with E-state index in [0.717, 1.165) is 10.0 Å². The number of hydrogen-bond donors (Lipinski definition) is 3. The number of rotatable bonds is 5. The average molecular weight is 510 g/mol. The fourth-order valence-electron chi connectivity index (χ4n) is 3.65. The number of benzene rings is 2. The van der Waals surface area contributed by atoms with E-state index in [0.29, 0.717) is 48.9 Å². The first-order valence-electron chi connectivity index (χ1n) is 11.0. The van der Waals surface area contributed by atoms with Crippen LogP contribution < -0.4 is 21.3 Å². The molecule has 1 saturated heterocycles. The molecular weight excluding hydrogens is 488 g/mol. The van der Waals surface area contributed by atoms with Gasteiger partial charge in [-0.3, -0.25) is 0 Å². The van der Waals surface area contributed by atoms with Gasteiger partial charge in [-0.15, -0.1) is 0 Å². The topological polar surface area (TPSA) is 118 Å². The Hall–Kier alpha value is -4.16. The maximum Gasteiger partial charge on any atom is 0.323 e. The summed E-state index contributed by atoms with van der Waals surface area (Å²) < 4.78 is 33.2. The fraction of sp³-hybridized carbons (Fsp3) is 0.167. The summed E-state index contributed by atoms with van der Waals surface area (Å²) in [5, 5.41) is 5.84. The maximum atomic E-state index is 14.6. The van der Waals surface area contributed by atoms with Crippen molar-refractivity contribution in [3.8, 4) is 21.8 Å². The van der Waals surface area contributed by atoms with Crippen molar-refractivity contribution in [1.82, 2.24) is 15.0 Å². The van der Waals surface area contributed by atoms with Crippen molar-refractivity contribution in [2.45, 2.75) is 0 Å². The van der Waals surface area contributed by atoms with Crippen LogP contribution in [-0.4, -0.2) is 47.3 Å². The molecule has 0 aliphatic carbocycles. The minimum atomic E-state index is -0.667. The molecule has 1 fully saturated rings. The van der Waals surface area contributed by atoms with Gasteiger partial charge in [0.25, 0.3) is 0 Å². The third-order valence-electron chi connectivity index (χ3n) is 5.39. The number of anilines is 4. The van der Waals surface area contributed by atoms with Gasteiger partial charge in [-0.2, -0.15) is 0 Å². The van der Waals surface area contributed by atoms with Crippen LogP contribution in [0.1, 0.15) is 0 Å². The van der Waals surface area contributed by atoms with Crippen LogP contribution in [0.3, 0.4) is 0 Å². The van der Waals surface area contributed by atoms with E-state index in [1.54, 1.807) is 18.3 Å². The quantitative estimate of drug-likeness (QED) is 0.360. The van der Waals surface area contributed by atoms with Gasteiger partial charge in [0.2, 0.25) is 5.95 Å². The average Bonchev–Trinajstić information content (AvgIpc) is 3.33. The molecule has 1 aliphatic heterocycles. The van der Waals surface area contributed by atoms with Gasteiger partial charge in [-0.25, -0.2) is 28.5 Å². The third-order valence-corrected chi connectivity index (χ3v) is 6.56. The van der Waals surface area contributed by atoms with Gasteiger partial charge in [-0.1, -0.05) is 17.4 Å². The van der Waals surface area contributed by atoms with Crippen molar-refractivity contribution in [2.24, 2.45) is 0 Å². The zero-order valence-electron chi connectivity index (χ0n) is 18.9. The Morgan fingerprint density at radius 3 is 2.56 bits per heavy atom. The van der Waals surface area contributed by atoms with E-state index in [1.165, 1.54) is 47.7 Å². The lowest BCUT2D eigenvalue weighted by Crippen LogP contribution is -2.36. The number of morpholine rings is 1. The van der Waals surface area contributed by atoms with Gasteiger partial charge in [-0.05, 0) is 48.0 Å². The molecule has 3 heterocycles. The SMILES string of the molecule is Nc1nccc(-c2nc(N3CCOCC3)sc2-c2ccc(F)c(NC(=O)Nc3ccc(F)cc3)c2)n1. The summed E-state index contributed by atoms with van der Waals surface area (Å²) in [5.41, 5.74) is 7.89. The maximum absolute atomic E-state index is 14.6. The summed E-state index contributed by atoms with van der Waals surface area (Å²) in [5.74, 6) is -0.931. The zero-order chi connectivity index (χ0) is 25.1. The molecule has 2 aromatic carbocycles. The number of carbonyl (C=O) groups is 1. The van der Waals surface area contributed by atoms with Crippen molar-refractivity contribution < 1.29 is 18.3 Å². The van der Waals surface area contributed by atoms with Crippen molar-refractivity contribution in [1.29, 1.82) is 0 Å². The van der Waals surface area contributed by atoms with Gasteiger partial charge in [0.05, 0.1) is 29.5 Å². The molecule has 4 N–H and O–H groups in total. The molecule has 0 bridgehead atoms. The van der Waals surface area contributed by atoms with Crippen LogP contribution in [0.15, 0.2) is 54.7 Å². The molecule has 2 amide bonds. The second kappa shape index (κ2) is 10.2. The van der Waals surface area contributed by atoms with E-state index in [4.69, 9.17) is 15.5 Å². The normalized spacial score (nSPS) is 13.4. The fourth-order valence-corrected chi connectivity index (χ4v) is 4.78. The molecule has 184 valence electrons. The number of thiazole rings is 1. The monoisotopic (exact) mass is 509 g/mol. The van der Waals surface area contributed by atoms with Crippen LogP contribution in [0, 0.1) is 11.6 Å². The molecule has 12 heteroatoms. The lowest BCUT2D eigenvalue weighted by atomic mass is 10.1. The minimum Gasteiger partial charge on any atom is -0.378 e. The predicted molar refractivity (Wildman–Crippen MR) is 135 cm³/mol. The Bertz CT molecular complexity index is 1390. The molecule has 9 nitrogen and oxygen atoms in total. The van der Waals surface area contributed by atoms with Crippen LogP contribution >= 0.6 is 11.3 Å². The molecule has 2 aromatic heterocycles. The van der Waals surface area contributed by atoms with Crippen molar-refractivity contribution in [2.75, 3.05) is 47.6 Å². The van der Waals surface area contributed by atoms with Crippen molar-refractivity contribution in [3.05, 3.63) is 66.4 Å². The highest BCUT2D eigenvalue weighted by molar-refractivity contribution is 7.19. The first-order chi connectivity index (χ1) is 17.5. The smallest absolute Gasteiger partial charge is 0.323 e. The predicted octanol–water partition coefficient (Wildman–Crippen LogP) is 4.61. The Morgan fingerprint density at radius 1 is 1.03 bits per heavy atom. The zero-order valence-corrected chi connectivity index (χ0v) is 19.7. The number of amides is 2. The van der Waals surface area contributed by atoms with Crippen LogP contribution in [0.25, 0.3) is 21.8 Å². The second-order valence-electron chi connectivity index (χ2n) is 7.85. The summed E-state index contributed by atoms with van der Waals surface area (Å²) >= 11 is 1.43. The van der Waals surface area contributed by atoms with Gasteiger partial charge in [0.1, 0.15) is 17.3 Å².